The predicted octanol–water partition coefficient (Wildman–Crippen LogP) is 2.89. The average molecular weight is 234 g/mol. The topological polar surface area (TPSA) is 37.9 Å². The number of aromatic amines is 1. The van der Waals surface area contributed by atoms with Crippen molar-refractivity contribution in [2.75, 3.05) is 12.4 Å². The van der Waals surface area contributed by atoms with Crippen LogP contribution < -0.4 is 4.74 Å². The normalized spacial score (nSPS) is 10.3. The fourth-order valence-electron chi connectivity index (χ4n) is 1.26. The Kier molecular flexibility index (Phi) is 3.88. The Morgan fingerprint density at radius 3 is 2.81 bits per heavy atom. The zero-order valence-corrected chi connectivity index (χ0v) is 9.96. The van der Waals surface area contributed by atoms with E-state index in [-0.39, 0.29) is 0 Å². The molecule has 0 saturated heterocycles. The number of aryl methyl sites for hydroxylation is 1. The van der Waals surface area contributed by atoms with Crippen molar-refractivity contribution in [3.8, 4) is 5.75 Å². The molecule has 1 aromatic carbocycles. The maximum absolute atomic E-state index is 5.60. The van der Waals surface area contributed by atoms with Crippen LogP contribution in [-0.4, -0.2) is 22.3 Å². The van der Waals surface area contributed by atoms with Crippen molar-refractivity contribution in [2.24, 2.45) is 0 Å². The average Bonchev–Trinajstić information content (AvgIpc) is 2.80. The second kappa shape index (κ2) is 5.61. The van der Waals surface area contributed by atoms with Crippen LogP contribution in [0.15, 0.2) is 41.8 Å². The number of aromatic nitrogens is 2. The fourth-order valence-corrected chi connectivity index (χ4v) is 1.91. The zero-order valence-electron chi connectivity index (χ0n) is 9.14. The number of thioether (sulfide) groups is 1. The molecule has 1 N–H and O–H groups in total. The van der Waals surface area contributed by atoms with Gasteiger partial charge in [-0.15, -0.1) is 0 Å². The van der Waals surface area contributed by atoms with Crippen molar-refractivity contribution in [1.29, 1.82) is 0 Å². The minimum atomic E-state index is 0.689. The fraction of sp³-hybridized carbons (Fsp3) is 0.250. The van der Waals surface area contributed by atoms with Gasteiger partial charge < -0.3 is 9.72 Å². The van der Waals surface area contributed by atoms with Gasteiger partial charge in [-0.3, -0.25) is 0 Å². The van der Waals surface area contributed by atoms with E-state index >= 15 is 0 Å². The third-order valence-corrected chi connectivity index (χ3v) is 2.95. The zero-order chi connectivity index (χ0) is 11.2. The first-order valence-corrected chi connectivity index (χ1v) is 6.15. The third-order valence-electron chi connectivity index (χ3n) is 2.08. The molecule has 0 fully saturated rings. The Hall–Kier alpha value is -1.42. The van der Waals surface area contributed by atoms with E-state index in [4.69, 9.17) is 4.74 Å². The monoisotopic (exact) mass is 234 g/mol. The maximum Gasteiger partial charge on any atom is 0.165 e. The van der Waals surface area contributed by atoms with Crippen LogP contribution >= 0.6 is 11.8 Å². The Bertz CT molecular complexity index is 411. The van der Waals surface area contributed by atoms with E-state index in [2.05, 4.69) is 29.0 Å². The van der Waals surface area contributed by atoms with E-state index in [1.807, 2.05) is 18.3 Å². The van der Waals surface area contributed by atoms with Gasteiger partial charge in [-0.1, -0.05) is 29.5 Å². The third kappa shape index (κ3) is 3.31. The first kappa shape index (κ1) is 11.1. The summed E-state index contributed by atoms with van der Waals surface area (Å²) in [6.07, 6.45) is 3.58. The Morgan fingerprint density at radius 2 is 2.12 bits per heavy atom. The minimum Gasteiger partial charge on any atom is -0.493 e. The van der Waals surface area contributed by atoms with Crippen molar-refractivity contribution in [3.05, 3.63) is 42.2 Å². The van der Waals surface area contributed by atoms with E-state index in [1.54, 1.807) is 18.0 Å². The molecule has 0 bridgehead atoms. The summed E-state index contributed by atoms with van der Waals surface area (Å²) < 4.78 is 5.60. The molecule has 0 radical (unpaired) electrons. The summed E-state index contributed by atoms with van der Waals surface area (Å²) in [4.78, 5) is 7.16. The summed E-state index contributed by atoms with van der Waals surface area (Å²) in [5.74, 6) is 1.81. The molecule has 2 rings (SSSR count). The van der Waals surface area contributed by atoms with Gasteiger partial charge in [-0.05, 0) is 19.1 Å². The quantitative estimate of drug-likeness (QED) is 0.638. The molecule has 0 aliphatic carbocycles. The Morgan fingerprint density at radius 1 is 1.31 bits per heavy atom. The van der Waals surface area contributed by atoms with E-state index in [1.165, 1.54) is 5.56 Å². The summed E-state index contributed by atoms with van der Waals surface area (Å²) in [5, 5.41) is 0.938. The smallest absolute Gasteiger partial charge is 0.165 e. The van der Waals surface area contributed by atoms with Gasteiger partial charge in [-0.25, -0.2) is 4.98 Å². The summed E-state index contributed by atoms with van der Waals surface area (Å²) >= 11 is 1.66. The van der Waals surface area contributed by atoms with Crippen LogP contribution in [-0.2, 0) is 0 Å². The van der Waals surface area contributed by atoms with Crippen molar-refractivity contribution in [2.45, 2.75) is 12.1 Å². The van der Waals surface area contributed by atoms with Crippen molar-refractivity contribution < 1.29 is 4.74 Å². The number of hydrogen-bond acceptors (Lipinski definition) is 3. The lowest BCUT2D eigenvalue weighted by atomic mass is 10.2. The largest absolute Gasteiger partial charge is 0.493 e. The molecule has 1 heterocycles. The molecule has 3 nitrogen and oxygen atoms in total. The second-order valence-corrected chi connectivity index (χ2v) is 4.49. The van der Waals surface area contributed by atoms with Crippen molar-refractivity contribution >= 4 is 11.8 Å². The highest BCUT2D eigenvalue weighted by Crippen LogP contribution is 2.14. The number of nitrogens with zero attached hydrogens (tertiary/aromatic N) is 1. The van der Waals surface area contributed by atoms with Crippen LogP contribution in [0.25, 0.3) is 0 Å². The first-order chi connectivity index (χ1) is 7.84. The first-order valence-electron chi connectivity index (χ1n) is 5.16. The van der Waals surface area contributed by atoms with Crippen LogP contribution in [0.4, 0.5) is 0 Å². The van der Waals surface area contributed by atoms with Gasteiger partial charge in [0.25, 0.3) is 0 Å². The lowest BCUT2D eigenvalue weighted by molar-refractivity contribution is 0.344. The van der Waals surface area contributed by atoms with Gasteiger partial charge in [0, 0.05) is 18.1 Å². The van der Waals surface area contributed by atoms with E-state index < -0.39 is 0 Å². The summed E-state index contributed by atoms with van der Waals surface area (Å²) in [5.41, 5.74) is 1.25. The number of hydrogen-bond donors (Lipinski definition) is 1. The molecule has 0 aliphatic rings. The lowest BCUT2D eigenvalue weighted by Gasteiger charge is -2.05. The van der Waals surface area contributed by atoms with E-state index in [0.29, 0.717) is 6.61 Å². The molecule has 0 saturated carbocycles. The van der Waals surface area contributed by atoms with E-state index in [0.717, 1.165) is 16.7 Å². The molecule has 1 aromatic heterocycles. The molecule has 4 heteroatoms. The summed E-state index contributed by atoms with van der Waals surface area (Å²) in [6.45, 7) is 2.75. The molecule has 84 valence electrons. The molecule has 16 heavy (non-hydrogen) atoms. The second-order valence-electron chi connectivity index (χ2n) is 3.40. The molecular formula is C12H14N2OS. The highest BCUT2D eigenvalue weighted by atomic mass is 32.2. The van der Waals surface area contributed by atoms with Crippen molar-refractivity contribution in [3.63, 3.8) is 0 Å². The number of H-pyrrole nitrogens is 1. The summed E-state index contributed by atoms with van der Waals surface area (Å²) in [7, 11) is 0. The van der Waals surface area contributed by atoms with Crippen LogP contribution in [0.5, 0.6) is 5.75 Å². The Balaban J connectivity index is 1.70. The number of ether oxygens (including phenoxy) is 1. The van der Waals surface area contributed by atoms with Crippen molar-refractivity contribution in [1.82, 2.24) is 9.97 Å². The van der Waals surface area contributed by atoms with Gasteiger partial charge in [0.1, 0.15) is 5.75 Å². The number of benzene rings is 1. The minimum absolute atomic E-state index is 0.689. The maximum atomic E-state index is 5.60. The van der Waals surface area contributed by atoms with Crippen LogP contribution in [0.3, 0.4) is 0 Å². The van der Waals surface area contributed by atoms with Gasteiger partial charge in [0.05, 0.1) is 6.61 Å². The van der Waals surface area contributed by atoms with Crippen LogP contribution in [0.2, 0.25) is 0 Å². The SMILES string of the molecule is Cc1ccc(OCCSc2ncc[nH]2)cc1. The lowest BCUT2D eigenvalue weighted by Crippen LogP contribution is -2.00. The highest BCUT2D eigenvalue weighted by molar-refractivity contribution is 7.99. The molecule has 0 atom stereocenters. The Labute approximate surface area is 99.2 Å². The van der Waals surface area contributed by atoms with E-state index in [9.17, 15) is 0 Å². The summed E-state index contributed by atoms with van der Waals surface area (Å²) in [6, 6.07) is 8.09. The molecule has 0 spiro atoms. The molecular weight excluding hydrogens is 220 g/mol. The van der Waals surface area contributed by atoms with Gasteiger partial charge >= 0.3 is 0 Å². The number of imidazole rings is 1. The van der Waals surface area contributed by atoms with Crippen LogP contribution in [0.1, 0.15) is 5.56 Å². The van der Waals surface area contributed by atoms with Gasteiger partial charge in [-0.2, -0.15) is 0 Å². The van der Waals surface area contributed by atoms with Crippen LogP contribution in [0, 0.1) is 6.92 Å². The predicted molar refractivity (Wildman–Crippen MR) is 66.0 cm³/mol. The molecule has 0 aliphatic heterocycles. The number of nitrogens with one attached hydrogen (secondary N) is 1. The van der Waals surface area contributed by atoms with Gasteiger partial charge in [0.2, 0.25) is 0 Å². The molecule has 0 unspecified atom stereocenters. The standard InChI is InChI=1S/C12H14N2OS/c1-10-2-4-11(5-3-10)15-8-9-16-12-13-6-7-14-12/h2-7H,8-9H2,1H3,(H,13,14). The highest BCUT2D eigenvalue weighted by Gasteiger charge is 1.96. The molecule has 0 amide bonds. The molecule has 2 aromatic rings. The number of rotatable bonds is 5. The van der Waals surface area contributed by atoms with Gasteiger partial charge in [0.15, 0.2) is 5.16 Å².